The topological polar surface area (TPSA) is 12.0 Å². The van der Waals surface area contributed by atoms with Crippen molar-refractivity contribution in [3.63, 3.8) is 0 Å². The SMILES string of the molecule is CCNCC(Cc1ccccc1)Cc1ccc(F)cc1C. The molecule has 1 N–H and O–H groups in total. The van der Waals surface area contributed by atoms with Crippen LogP contribution in [-0.2, 0) is 12.8 Å². The van der Waals surface area contributed by atoms with E-state index in [-0.39, 0.29) is 5.82 Å². The van der Waals surface area contributed by atoms with Crippen molar-refractivity contribution in [3.8, 4) is 0 Å². The Morgan fingerprint density at radius 1 is 1.05 bits per heavy atom. The lowest BCUT2D eigenvalue weighted by Gasteiger charge is -2.19. The Labute approximate surface area is 127 Å². The van der Waals surface area contributed by atoms with Crippen molar-refractivity contribution in [1.82, 2.24) is 5.32 Å². The Bertz CT molecular complexity index is 551. The van der Waals surface area contributed by atoms with Crippen molar-refractivity contribution in [2.24, 2.45) is 5.92 Å². The fraction of sp³-hybridized carbons (Fsp3) is 0.368. The van der Waals surface area contributed by atoms with Gasteiger partial charge in [-0.3, -0.25) is 0 Å². The smallest absolute Gasteiger partial charge is 0.123 e. The minimum atomic E-state index is -0.150. The zero-order chi connectivity index (χ0) is 15.1. The molecule has 2 aromatic carbocycles. The lowest BCUT2D eigenvalue weighted by molar-refractivity contribution is 0.477. The van der Waals surface area contributed by atoms with Crippen molar-refractivity contribution >= 4 is 0 Å². The van der Waals surface area contributed by atoms with E-state index in [2.05, 4.69) is 36.5 Å². The number of halogens is 1. The van der Waals surface area contributed by atoms with Gasteiger partial charge in [0.1, 0.15) is 5.82 Å². The van der Waals surface area contributed by atoms with Crippen LogP contribution in [0.4, 0.5) is 4.39 Å². The number of nitrogens with one attached hydrogen (secondary N) is 1. The maximum absolute atomic E-state index is 13.2. The molecule has 0 aliphatic heterocycles. The lowest BCUT2D eigenvalue weighted by atomic mass is 9.90. The molecule has 1 unspecified atom stereocenters. The molecule has 0 saturated carbocycles. The van der Waals surface area contributed by atoms with Crippen LogP contribution in [0, 0.1) is 18.7 Å². The molecule has 0 aromatic heterocycles. The van der Waals surface area contributed by atoms with Gasteiger partial charge < -0.3 is 5.32 Å². The van der Waals surface area contributed by atoms with E-state index < -0.39 is 0 Å². The number of rotatable bonds is 7. The maximum Gasteiger partial charge on any atom is 0.123 e. The Morgan fingerprint density at radius 2 is 1.81 bits per heavy atom. The van der Waals surface area contributed by atoms with Crippen LogP contribution in [0.2, 0.25) is 0 Å². The predicted octanol–water partition coefficient (Wildman–Crippen LogP) is 4.15. The number of hydrogen-bond donors (Lipinski definition) is 1. The number of hydrogen-bond acceptors (Lipinski definition) is 1. The van der Waals surface area contributed by atoms with Gasteiger partial charge in [-0.25, -0.2) is 4.39 Å². The van der Waals surface area contributed by atoms with Crippen LogP contribution in [0.25, 0.3) is 0 Å². The largest absolute Gasteiger partial charge is 0.317 e. The fourth-order valence-electron chi connectivity index (χ4n) is 2.71. The monoisotopic (exact) mass is 285 g/mol. The first-order chi connectivity index (χ1) is 10.2. The first kappa shape index (κ1) is 15.7. The van der Waals surface area contributed by atoms with Gasteiger partial charge in [0.2, 0.25) is 0 Å². The Balaban J connectivity index is 2.08. The van der Waals surface area contributed by atoms with Crippen LogP contribution in [0.15, 0.2) is 48.5 Å². The van der Waals surface area contributed by atoms with E-state index in [9.17, 15) is 4.39 Å². The predicted molar refractivity (Wildman–Crippen MR) is 87.0 cm³/mol. The van der Waals surface area contributed by atoms with E-state index in [4.69, 9.17) is 0 Å². The number of benzene rings is 2. The first-order valence-corrected chi connectivity index (χ1v) is 7.68. The van der Waals surface area contributed by atoms with Gasteiger partial charge in [-0.2, -0.15) is 0 Å². The lowest BCUT2D eigenvalue weighted by Crippen LogP contribution is -2.26. The second-order valence-electron chi connectivity index (χ2n) is 5.64. The van der Waals surface area contributed by atoms with Crippen molar-refractivity contribution in [3.05, 3.63) is 71.0 Å². The standard InChI is InChI=1S/C19H24FN/c1-3-21-14-17(12-16-7-5-4-6-8-16)13-18-9-10-19(20)11-15(18)2/h4-11,17,21H,3,12-14H2,1-2H3. The molecule has 2 aromatic rings. The van der Waals surface area contributed by atoms with E-state index in [0.29, 0.717) is 5.92 Å². The summed E-state index contributed by atoms with van der Waals surface area (Å²) in [5, 5.41) is 3.45. The highest BCUT2D eigenvalue weighted by Gasteiger charge is 2.12. The highest BCUT2D eigenvalue weighted by molar-refractivity contribution is 5.27. The summed E-state index contributed by atoms with van der Waals surface area (Å²) in [6.07, 6.45) is 2.03. The van der Waals surface area contributed by atoms with E-state index in [0.717, 1.165) is 31.5 Å². The third kappa shape index (κ3) is 4.98. The van der Waals surface area contributed by atoms with Gasteiger partial charge in [0.25, 0.3) is 0 Å². The molecular formula is C19H24FN. The van der Waals surface area contributed by atoms with Gasteiger partial charge in [0.05, 0.1) is 0 Å². The van der Waals surface area contributed by atoms with E-state index in [1.54, 1.807) is 12.1 Å². The zero-order valence-electron chi connectivity index (χ0n) is 12.9. The van der Waals surface area contributed by atoms with Gasteiger partial charge >= 0.3 is 0 Å². The molecule has 2 heteroatoms. The molecule has 0 bridgehead atoms. The molecule has 0 aliphatic rings. The second-order valence-corrected chi connectivity index (χ2v) is 5.64. The summed E-state index contributed by atoms with van der Waals surface area (Å²) in [6, 6.07) is 15.7. The van der Waals surface area contributed by atoms with Crippen molar-refractivity contribution in [2.75, 3.05) is 13.1 Å². The number of aryl methyl sites for hydroxylation is 1. The van der Waals surface area contributed by atoms with E-state index in [1.165, 1.54) is 11.1 Å². The van der Waals surface area contributed by atoms with Crippen LogP contribution < -0.4 is 5.32 Å². The molecular weight excluding hydrogens is 261 g/mol. The van der Waals surface area contributed by atoms with Crippen molar-refractivity contribution in [1.29, 1.82) is 0 Å². The second kappa shape index (κ2) is 7.94. The molecule has 2 rings (SSSR count). The molecule has 0 amide bonds. The summed E-state index contributed by atoms with van der Waals surface area (Å²) in [5.41, 5.74) is 3.65. The van der Waals surface area contributed by atoms with Crippen molar-refractivity contribution < 1.29 is 4.39 Å². The molecule has 1 atom stereocenters. The van der Waals surface area contributed by atoms with Gasteiger partial charge in [-0.1, -0.05) is 43.3 Å². The van der Waals surface area contributed by atoms with Crippen LogP contribution in [0.1, 0.15) is 23.6 Å². The summed E-state index contributed by atoms with van der Waals surface area (Å²) in [4.78, 5) is 0. The maximum atomic E-state index is 13.2. The zero-order valence-corrected chi connectivity index (χ0v) is 12.9. The average molecular weight is 285 g/mol. The molecule has 112 valence electrons. The molecule has 0 heterocycles. The van der Waals surface area contributed by atoms with E-state index >= 15 is 0 Å². The highest BCUT2D eigenvalue weighted by atomic mass is 19.1. The van der Waals surface area contributed by atoms with E-state index in [1.807, 2.05) is 19.1 Å². The van der Waals surface area contributed by atoms with Crippen molar-refractivity contribution in [2.45, 2.75) is 26.7 Å². The van der Waals surface area contributed by atoms with Crippen LogP contribution in [0.5, 0.6) is 0 Å². The quantitative estimate of drug-likeness (QED) is 0.806. The minimum absolute atomic E-state index is 0.150. The van der Waals surface area contributed by atoms with Crippen LogP contribution in [0.3, 0.4) is 0 Å². The van der Waals surface area contributed by atoms with Gasteiger partial charge in [-0.05, 0) is 67.6 Å². The average Bonchev–Trinajstić information content (AvgIpc) is 2.48. The molecule has 0 aliphatic carbocycles. The summed E-state index contributed by atoms with van der Waals surface area (Å²) in [7, 11) is 0. The summed E-state index contributed by atoms with van der Waals surface area (Å²) in [6.45, 7) is 6.09. The molecule has 0 saturated heterocycles. The normalized spacial score (nSPS) is 12.3. The van der Waals surface area contributed by atoms with Gasteiger partial charge in [0.15, 0.2) is 0 Å². The summed E-state index contributed by atoms with van der Waals surface area (Å²) in [5.74, 6) is 0.374. The minimum Gasteiger partial charge on any atom is -0.317 e. The molecule has 1 nitrogen and oxygen atoms in total. The van der Waals surface area contributed by atoms with Gasteiger partial charge in [-0.15, -0.1) is 0 Å². The fourth-order valence-corrected chi connectivity index (χ4v) is 2.71. The first-order valence-electron chi connectivity index (χ1n) is 7.68. The molecule has 21 heavy (non-hydrogen) atoms. The van der Waals surface area contributed by atoms with Crippen LogP contribution >= 0.6 is 0 Å². The third-order valence-corrected chi connectivity index (χ3v) is 3.86. The summed E-state index contributed by atoms with van der Waals surface area (Å²) >= 11 is 0. The van der Waals surface area contributed by atoms with Crippen LogP contribution in [-0.4, -0.2) is 13.1 Å². The molecule has 0 radical (unpaired) electrons. The highest BCUT2D eigenvalue weighted by Crippen LogP contribution is 2.18. The Hall–Kier alpha value is -1.67. The van der Waals surface area contributed by atoms with Gasteiger partial charge in [0, 0.05) is 0 Å². The summed E-state index contributed by atoms with van der Waals surface area (Å²) < 4.78 is 13.2. The Kier molecular flexibility index (Phi) is 5.94. The molecule has 0 spiro atoms. The Morgan fingerprint density at radius 3 is 2.48 bits per heavy atom. The molecule has 0 fully saturated rings. The third-order valence-electron chi connectivity index (χ3n) is 3.86.